The average molecular weight is 1070 g/mol. The Labute approximate surface area is 479 Å². The summed E-state index contributed by atoms with van der Waals surface area (Å²) in [6.07, 6.45) is 95.2. The van der Waals surface area contributed by atoms with Crippen LogP contribution in [-0.4, -0.2) is 37.2 Å². The molecule has 0 radical (unpaired) electrons. The van der Waals surface area contributed by atoms with E-state index in [9.17, 15) is 14.4 Å². The van der Waals surface area contributed by atoms with Crippen LogP contribution in [-0.2, 0) is 28.6 Å². The molecule has 0 aliphatic carbocycles. The number of esters is 3. The molecule has 0 saturated carbocycles. The van der Waals surface area contributed by atoms with Gasteiger partial charge in [0.25, 0.3) is 0 Å². The van der Waals surface area contributed by atoms with Crippen molar-refractivity contribution in [2.24, 2.45) is 0 Å². The smallest absolute Gasteiger partial charge is 0.306 e. The highest BCUT2D eigenvalue weighted by Crippen LogP contribution is 2.13. The van der Waals surface area contributed by atoms with Crippen LogP contribution >= 0.6 is 0 Å². The maximum Gasteiger partial charge on any atom is 0.306 e. The third-order valence-electron chi connectivity index (χ3n) is 12.4. The van der Waals surface area contributed by atoms with Crippen LogP contribution in [0.5, 0.6) is 0 Å². The van der Waals surface area contributed by atoms with Crippen molar-refractivity contribution >= 4 is 17.9 Å². The van der Waals surface area contributed by atoms with Crippen LogP contribution in [0.3, 0.4) is 0 Å². The maximum absolute atomic E-state index is 12.8. The van der Waals surface area contributed by atoms with Crippen molar-refractivity contribution in [1.82, 2.24) is 0 Å². The third-order valence-corrected chi connectivity index (χ3v) is 12.4. The highest BCUT2D eigenvalue weighted by Gasteiger charge is 2.19. The van der Waals surface area contributed by atoms with Crippen molar-refractivity contribution in [1.29, 1.82) is 0 Å². The number of hydrogen-bond acceptors (Lipinski definition) is 6. The van der Waals surface area contributed by atoms with Gasteiger partial charge in [-0.3, -0.25) is 14.4 Å². The molecule has 1 atom stereocenters. The highest BCUT2D eigenvalue weighted by atomic mass is 16.6. The van der Waals surface area contributed by atoms with Gasteiger partial charge in [-0.25, -0.2) is 0 Å². The summed E-state index contributed by atoms with van der Waals surface area (Å²) < 4.78 is 16.8. The van der Waals surface area contributed by atoms with E-state index in [1.54, 1.807) is 0 Å². The first-order valence-electron chi connectivity index (χ1n) is 31.1. The summed E-state index contributed by atoms with van der Waals surface area (Å²) in [7, 11) is 0. The molecule has 0 aromatic heterocycles. The van der Waals surface area contributed by atoms with Crippen molar-refractivity contribution in [3.63, 3.8) is 0 Å². The van der Waals surface area contributed by atoms with Gasteiger partial charge < -0.3 is 14.2 Å². The molecule has 0 heterocycles. The van der Waals surface area contributed by atoms with Crippen molar-refractivity contribution in [2.75, 3.05) is 13.2 Å². The minimum absolute atomic E-state index is 0.121. The van der Waals surface area contributed by atoms with Gasteiger partial charge in [-0.2, -0.15) is 0 Å². The molecule has 0 amide bonds. The van der Waals surface area contributed by atoms with E-state index >= 15 is 0 Å². The van der Waals surface area contributed by atoms with Gasteiger partial charge in [0.1, 0.15) is 13.2 Å². The molecule has 0 aromatic rings. The Bertz CT molecular complexity index is 1810. The van der Waals surface area contributed by atoms with Crippen molar-refractivity contribution < 1.29 is 28.6 Å². The minimum atomic E-state index is -0.828. The number of unbranched alkanes of at least 4 members (excludes halogenated alkanes) is 15. The molecule has 0 rings (SSSR count). The van der Waals surface area contributed by atoms with Crippen LogP contribution < -0.4 is 0 Å². The SMILES string of the molecule is CC/C=C\C/C=C\C/C=C\C/C=C\C/C=C\C/C=C\C/C=C\C/C=C\C/C=C\CCCCCCCC(=O)OCC(COC(=O)CC/C=C\C/C=C\C/C=C\C/C=C\CC)OC(=O)CCCCCCC/C=C\CCCCCCC. The molecule has 6 nitrogen and oxygen atoms in total. The summed E-state index contributed by atoms with van der Waals surface area (Å²) in [6.45, 7) is 6.30. The van der Waals surface area contributed by atoms with Gasteiger partial charge in [0.2, 0.25) is 0 Å². The van der Waals surface area contributed by atoms with E-state index in [0.717, 1.165) is 154 Å². The van der Waals surface area contributed by atoms with Crippen LogP contribution in [0.25, 0.3) is 0 Å². The predicted octanol–water partition coefficient (Wildman–Crippen LogP) is 21.5. The number of rotatable bonds is 54. The Morgan fingerprint density at radius 1 is 0.269 bits per heavy atom. The summed E-state index contributed by atoms with van der Waals surface area (Å²) in [5.41, 5.74) is 0. The van der Waals surface area contributed by atoms with E-state index in [2.05, 4.69) is 179 Å². The second-order valence-corrected chi connectivity index (χ2v) is 19.8. The number of carbonyl (C=O) groups excluding carboxylic acids is 3. The van der Waals surface area contributed by atoms with E-state index in [1.807, 2.05) is 12.2 Å². The fourth-order valence-corrected chi connectivity index (χ4v) is 7.85. The molecule has 436 valence electrons. The molecule has 0 bridgehead atoms. The summed E-state index contributed by atoms with van der Waals surface area (Å²) in [5.74, 6) is -1.04. The zero-order valence-corrected chi connectivity index (χ0v) is 49.9. The van der Waals surface area contributed by atoms with Gasteiger partial charge in [0, 0.05) is 19.3 Å². The fraction of sp³-hybridized carbons (Fsp3) is 0.569. The lowest BCUT2D eigenvalue weighted by atomic mass is 10.1. The number of ether oxygens (including phenoxy) is 3. The molecule has 6 heteroatoms. The quantitative estimate of drug-likeness (QED) is 0.0261. The van der Waals surface area contributed by atoms with Crippen LogP contribution in [0, 0.1) is 0 Å². The van der Waals surface area contributed by atoms with Gasteiger partial charge in [-0.15, -0.1) is 0 Å². The Kier molecular flexibility index (Phi) is 60.0. The maximum atomic E-state index is 12.8. The first kappa shape index (κ1) is 72.8. The first-order valence-corrected chi connectivity index (χ1v) is 31.1. The van der Waals surface area contributed by atoms with Gasteiger partial charge in [0.05, 0.1) is 0 Å². The number of hydrogen-bond donors (Lipinski definition) is 0. The lowest BCUT2D eigenvalue weighted by molar-refractivity contribution is -0.166. The number of carbonyl (C=O) groups is 3. The van der Waals surface area contributed by atoms with Gasteiger partial charge in [-0.1, -0.05) is 255 Å². The van der Waals surface area contributed by atoms with E-state index in [4.69, 9.17) is 14.2 Å². The van der Waals surface area contributed by atoms with E-state index < -0.39 is 6.10 Å². The molecule has 0 spiro atoms. The van der Waals surface area contributed by atoms with Gasteiger partial charge in [0.15, 0.2) is 6.10 Å². The monoisotopic (exact) mass is 1070 g/mol. The van der Waals surface area contributed by atoms with Crippen LogP contribution in [0.1, 0.15) is 245 Å². The molecule has 0 saturated heterocycles. The highest BCUT2D eigenvalue weighted by molar-refractivity contribution is 5.71. The Hall–Kier alpha value is -5.23. The summed E-state index contributed by atoms with van der Waals surface area (Å²) in [6, 6.07) is 0. The van der Waals surface area contributed by atoms with Crippen molar-refractivity contribution in [2.45, 2.75) is 252 Å². The Balaban J connectivity index is 4.37. The van der Waals surface area contributed by atoms with Crippen LogP contribution in [0.2, 0.25) is 0 Å². The van der Waals surface area contributed by atoms with Crippen LogP contribution in [0.15, 0.2) is 170 Å². The molecule has 0 aliphatic rings. The molecule has 1 unspecified atom stereocenters. The first-order chi connectivity index (χ1) is 38.5. The van der Waals surface area contributed by atoms with Crippen molar-refractivity contribution in [3.05, 3.63) is 170 Å². The Morgan fingerprint density at radius 2 is 0.526 bits per heavy atom. The normalized spacial score (nSPS) is 13.3. The van der Waals surface area contributed by atoms with E-state index in [0.29, 0.717) is 19.3 Å². The zero-order valence-electron chi connectivity index (χ0n) is 49.9. The molecule has 78 heavy (non-hydrogen) atoms. The summed E-state index contributed by atoms with van der Waals surface area (Å²) >= 11 is 0. The topological polar surface area (TPSA) is 78.9 Å². The summed E-state index contributed by atoms with van der Waals surface area (Å²) in [5, 5.41) is 0. The molecular weight excluding hydrogens is 961 g/mol. The van der Waals surface area contributed by atoms with Gasteiger partial charge >= 0.3 is 17.9 Å². The molecule has 0 aromatic carbocycles. The lowest BCUT2D eigenvalue weighted by Crippen LogP contribution is -2.30. The van der Waals surface area contributed by atoms with E-state index in [-0.39, 0.29) is 37.5 Å². The number of allylic oxidation sites excluding steroid dienone is 28. The minimum Gasteiger partial charge on any atom is -0.462 e. The second-order valence-electron chi connectivity index (χ2n) is 19.8. The Morgan fingerprint density at radius 3 is 0.872 bits per heavy atom. The van der Waals surface area contributed by atoms with E-state index in [1.165, 1.54) is 44.9 Å². The van der Waals surface area contributed by atoms with Crippen LogP contribution in [0.4, 0.5) is 0 Å². The fourth-order valence-electron chi connectivity index (χ4n) is 7.85. The molecule has 0 N–H and O–H groups in total. The molecule has 0 fully saturated rings. The molecule has 0 aliphatic heterocycles. The zero-order chi connectivity index (χ0) is 56.4. The molecular formula is C72H112O6. The third kappa shape index (κ3) is 61.6. The second kappa shape index (κ2) is 64.3. The standard InChI is InChI=1S/C72H112O6/c1-4-7-10-13-16-19-22-25-27-28-29-30-31-32-33-34-35-36-37-38-39-40-41-42-43-44-45-48-50-53-56-59-62-65-71(74)77-68-69(67-76-70(73)64-61-58-55-52-49-46-24-21-18-15-12-9-6-3)78-72(75)66-63-60-57-54-51-47-26-23-20-17-14-11-8-5-2/h7,9-10,12,16,18-19,21,23,25-27,29-30,32-33,35-36,38-39,41-42,44-46,49,55,58,69H,4-6,8,11,13-15,17,20,22,24,28,31,34,37,40,43,47-48,50-54,56-57,59-68H2,1-3H3/b10-7-,12-9-,19-16-,21-18-,26-23-,27-25-,30-29-,33-32-,36-35-,39-38-,42-41-,45-44-,49-46-,58-55-. The predicted molar refractivity (Wildman–Crippen MR) is 338 cm³/mol. The average Bonchev–Trinajstić information content (AvgIpc) is 3.44. The summed E-state index contributed by atoms with van der Waals surface area (Å²) in [4.78, 5) is 38.1. The lowest BCUT2D eigenvalue weighted by Gasteiger charge is -2.18. The van der Waals surface area contributed by atoms with Crippen molar-refractivity contribution in [3.8, 4) is 0 Å². The van der Waals surface area contributed by atoms with Gasteiger partial charge in [-0.05, 0) is 141 Å². The largest absolute Gasteiger partial charge is 0.462 e.